The van der Waals surface area contributed by atoms with Gasteiger partial charge in [-0.05, 0) is 19.3 Å². The molecule has 2 rings (SSSR count). The lowest BCUT2D eigenvalue weighted by atomic mass is 10.2. The molecule has 0 unspecified atom stereocenters. The van der Waals surface area contributed by atoms with E-state index in [2.05, 4.69) is 15.6 Å². The van der Waals surface area contributed by atoms with Gasteiger partial charge in [-0.3, -0.25) is 9.48 Å². The van der Waals surface area contributed by atoms with Gasteiger partial charge in [0.25, 0.3) is 0 Å². The summed E-state index contributed by atoms with van der Waals surface area (Å²) in [6.45, 7) is 0.920. The quantitative estimate of drug-likeness (QED) is 0.721. The first kappa shape index (κ1) is 15.3. The number of nitrogens with one attached hydrogen (secondary N) is 1. The van der Waals surface area contributed by atoms with Crippen molar-refractivity contribution in [2.75, 3.05) is 13.1 Å². The number of aliphatic carboxylic acids is 1. The molecule has 1 aliphatic carbocycles. The number of hydrogen-bond donors (Lipinski definition) is 2. The average Bonchev–Trinajstić information content (AvgIpc) is 3.13. The first-order valence-corrected chi connectivity index (χ1v) is 7.27. The predicted molar refractivity (Wildman–Crippen MR) is 74.6 cm³/mol. The maximum Gasteiger partial charge on any atom is 0.323 e. The van der Waals surface area contributed by atoms with Gasteiger partial charge >= 0.3 is 12.0 Å². The number of aryl methyl sites for hydroxylation is 1. The minimum absolute atomic E-state index is 0.0522. The number of nitrogens with zero attached hydrogens (tertiary/aromatic N) is 4. The van der Waals surface area contributed by atoms with E-state index in [-0.39, 0.29) is 18.6 Å². The Hall–Kier alpha value is -2.12. The van der Waals surface area contributed by atoms with E-state index in [1.54, 1.807) is 17.1 Å². The van der Waals surface area contributed by atoms with Crippen LogP contribution in [0.3, 0.4) is 0 Å². The van der Waals surface area contributed by atoms with Crippen molar-refractivity contribution in [2.45, 2.75) is 44.7 Å². The molecule has 2 amide bonds. The van der Waals surface area contributed by atoms with Gasteiger partial charge in [-0.1, -0.05) is 18.1 Å². The van der Waals surface area contributed by atoms with Gasteiger partial charge in [-0.25, -0.2) is 4.79 Å². The summed E-state index contributed by atoms with van der Waals surface area (Å²) in [6, 6.07) is -0.237. The number of carbonyl (C=O) groups excluding carboxylic acids is 1. The molecule has 1 fully saturated rings. The van der Waals surface area contributed by atoms with Gasteiger partial charge < -0.3 is 15.3 Å². The van der Waals surface area contributed by atoms with Crippen LogP contribution in [-0.2, 0) is 11.3 Å². The molecule has 0 atom stereocenters. The summed E-state index contributed by atoms with van der Waals surface area (Å²) in [4.78, 5) is 24.5. The summed E-state index contributed by atoms with van der Waals surface area (Å²) < 4.78 is 1.69. The topological polar surface area (TPSA) is 100 Å². The molecule has 0 saturated heterocycles. The summed E-state index contributed by atoms with van der Waals surface area (Å²) in [7, 11) is 0. The Morgan fingerprint density at radius 3 is 2.76 bits per heavy atom. The van der Waals surface area contributed by atoms with E-state index in [4.69, 9.17) is 5.11 Å². The van der Waals surface area contributed by atoms with Crippen molar-refractivity contribution in [3.8, 4) is 0 Å². The lowest BCUT2D eigenvalue weighted by Crippen LogP contribution is -2.47. The minimum Gasteiger partial charge on any atom is -0.480 e. The Morgan fingerprint density at radius 2 is 2.14 bits per heavy atom. The van der Waals surface area contributed by atoms with Crippen LogP contribution in [0, 0.1) is 0 Å². The van der Waals surface area contributed by atoms with E-state index >= 15 is 0 Å². The molecule has 8 nitrogen and oxygen atoms in total. The van der Waals surface area contributed by atoms with Gasteiger partial charge in [0.2, 0.25) is 0 Å². The molecular weight excluding hydrogens is 274 g/mol. The number of aromatic nitrogens is 3. The summed E-state index contributed by atoms with van der Waals surface area (Å²) in [6.07, 6.45) is 7.98. The number of carboxylic acid groups (broad SMARTS) is 1. The predicted octanol–water partition coefficient (Wildman–Crippen LogP) is 0.707. The number of rotatable bonds is 7. The highest BCUT2D eigenvalue weighted by Crippen LogP contribution is 2.23. The van der Waals surface area contributed by atoms with Gasteiger partial charge in [-0.15, -0.1) is 5.10 Å². The molecule has 1 heterocycles. The van der Waals surface area contributed by atoms with E-state index in [0.29, 0.717) is 13.1 Å². The van der Waals surface area contributed by atoms with Gasteiger partial charge in [-0.2, -0.15) is 0 Å². The fraction of sp³-hybridized carbons (Fsp3) is 0.692. The zero-order chi connectivity index (χ0) is 15.1. The van der Waals surface area contributed by atoms with Gasteiger partial charge in [0.05, 0.1) is 6.20 Å². The van der Waals surface area contributed by atoms with E-state index < -0.39 is 5.97 Å². The first-order valence-electron chi connectivity index (χ1n) is 7.27. The Kier molecular flexibility index (Phi) is 5.53. The maximum atomic E-state index is 12.1. The summed E-state index contributed by atoms with van der Waals surface area (Å²) in [5, 5.41) is 19.3. The fourth-order valence-electron chi connectivity index (χ4n) is 2.62. The average molecular weight is 295 g/mol. The Labute approximate surface area is 123 Å². The number of carboxylic acids is 1. The van der Waals surface area contributed by atoms with Crippen LogP contribution >= 0.6 is 0 Å². The van der Waals surface area contributed by atoms with Crippen molar-refractivity contribution < 1.29 is 14.7 Å². The van der Waals surface area contributed by atoms with Crippen LogP contribution < -0.4 is 5.32 Å². The number of amides is 2. The standard InChI is InChI=1S/C13H21N5O3/c19-12(20)10-18(11-4-1-2-5-11)13(21)14-6-3-8-17-9-7-15-16-17/h7,9,11H,1-6,8,10H2,(H,14,21)(H,19,20). The molecule has 8 heteroatoms. The van der Waals surface area contributed by atoms with Crippen LogP contribution in [-0.4, -0.2) is 56.1 Å². The molecule has 0 aliphatic heterocycles. The molecule has 116 valence electrons. The molecule has 0 aromatic carbocycles. The maximum absolute atomic E-state index is 12.1. The highest BCUT2D eigenvalue weighted by atomic mass is 16.4. The molecule has 0 spiro atoms. The van der Waals surface area contributed by atoms with Crippen LogP contribution in [0.5, 0.6) is 0 Å². The third-order valence-corrected chi connectivity index (χ3v) is 3.64. The zero-order valence-electron chi connectivity index (χ0n) is 11.9. The lowest BCUT2D eigenvalue weighted by Gasteiger charge is -2.27. The largest absolute Gasteiger partial charge is 0.480 e. The second-order valence-electron chi connectivity index (χ2n) is 5.21. The summed E-state index contributed by atoms with van der Waals surface area (Å²) in [5.74, 6) is -0.973. The Bertz CT molecular complexity index is 456. The normalized spacial score (nSPS) is 15.0. The second kappa shape index (κ2) is 7.61. The van der Waals surface area contributed by atoms with Crippen molar-refractivity contribution in [3.63, 3.8) is 0 Å². The SMILES string of the molecule is O=C(O)CN(C(=O)NCCCn1ccnn1)C1CCCC1. The van der Waals surface area contributed by atoms with E-state index in [1.807, 2.05) is 0 Å². The van der Waals surface area contributed by atoms with E-state index in [1.165, 1.54) is 4.90 Å². The Morgan fingerprint density at radius 1 is 1.38 bits per heavy atom. The van der Waals surface area contributed by atoms with E-state index in [0.717, 1.165) is 32.1 Å². The molecule has 0 bridgehead atoms. The minimum atomic E-state index is -0.973. The van der Waals surface area contributed by atoms with Crippen molar-refractivity contribution in [1.29, 1.82) is 0 Å². The molecule has 1 aromatic rings. The van der Waals surface area contributed by atoms with E-state index in [9.17, 15) is 9.59 Å². The number of hydrogen-bond acceptors (Lipinski definition) is 4. The fourth-order valence-corrected chi connectivity index (χ4v) is 2.62. The molecule has 21 heavy (non-hydrogen) atoms. The molecule has 0 radical (unpaired) electrons. The van der Waals surface area contributed by atoms with Crippen LogP contribution in [0.2, 0.25) is 0 Å². The first-order chi connectivity index (χ1) is 10.2. The van der Waals surface area contributed by atoms with Crippen molar-refractivity contribution in [1.82, 2.24) is 25.2 Å². The van der Waals surface area contributed by atoms with Crippen molar-refractivity contribution in [3.05, 3.63) is 12.4 Å². The lowest BCUT2D eigenvalue weighted by molar-refractivity contribution is -0.138. The van der Waals surface area contributed by atoms with Gasteiger partial charge in [0, 0.05) is 25.3 Å². The highest BCUT2D eigenvalue weighted by Gasteiger charge is 2.27. The van der Waals surface area contributed by atoms with Crippen molar-refractivity contribution >= 4 is 12.0 Å². The molecule has 1 aromatic heterocycles. The molecule has 1 saturated carbocycles. The van der Waals surface area contributed by atoms with Crippen LogP contribution in [0.15, 0.2) is 12.4 Å². The molecule has 2 N–H and O–H groups in total. The molecule has 1 aliphatic rings. The number of carbonyl (C=O) groups is 2. The third-order valence-electron chi connectivity index (χ3n) is 3.64. The molecular formula is C13H21N5O3. The second-order valence-corrected chi connectivity index (χ2v) is 5.21. The highest BCUT2D eigenvalue weighted by molar-refractivity contribution is 5.80. The van der Waals surface area contributed by atoms with Crippen LogP contribution in [0.25, 0.3) is 0 Å². The summed E-state index contributed by atoms with van der Waals surface area (Å²) >= 11 is 0. The monoisotopic (exact) mass is 295 g/mol. The Balaban J connectivity index is 1.76. The zero-order valence-corrected chi connectivity index (χ0v) is 11.9. The van der Waals surface area contributed by atoms with Crippen LogP contribution in [0.1, 0.15) is 32.1 Å². The smallest absolute Gasteiger partial charge is 0.323 e. The van der Waals surface area contributed by atoms with Gasteiger partial charge in [0.15, 0.2) is 0 Å². The summed E-state index contributed by atoms with van der Waals surface area (Å²) in [5.41, 5.74) is 0. The van der Waals surface area contributed by atoms with Crippen LogP contribution in [0.4, 0.5) is 4.79 Å². The third kappa shape index (κ3) is 4.73. The van der Waals surface area contributed by atoms with Crippen molar-refractivity contribution in [2.24, 2.45) is 0 Å². The van der Waals surface area contributed by atoms with Gasteiger partial charge in [0.1, 0.15) is 6.54 Å². The number of urea groups is 1.